The Morgan fingerprint density at radius 1 is 1.26 bits per heavy atom. The van der Waals surface area contributed by atoms with Crippen LogP contribution in [0.3, 0.4) is 0 Å². The average molecular weight is 286 g/mol. The second kappa shape index (κ2) is 8.77. The minimum Gasteiger partial charge on any atom is -0.492 e. The third kappa shape index (κ3) is 7.03. The van der Waals surface area contributed by atoms with Crippen LogP contribution < -0.4 is 10.1 Å². The van der Waals surface area contributed by atoms with Crippen LogP contribution in [-0.2, 0) is 9.53 Å². The van der Waals surface area contributed by atoms with Gasteiger partial charge in [-0.25, -0.2) is 0 Å². The van der Waals surface area contributed by atoms with E-state index in [9.17, 15) is 4.79 Å². The van der Waals surface area contributed by atoms with Gasteiger partial charge in [0, 0.05) is 5.69 Å². The first kappa shape index (κ1) is 15.8. The molecule has 0 saturated heterocycles. The van der Waals surface area contributed by atoms with Crippen molar-refractivity contribution in [2.75, 3.05) is 24.4 Å². The number of nitrogens with one attached hydrogen (secondary N) is 1. The smallest absolute Gasteiger partial charge is 0.226 e. The Hall–Kier alpha value is -1.26. The molecular weight excluding hydrogens is 266 g/mol. The lowest BCUT2D eigenvalue weighted by molar-refractivity contribution is -0.117. The van der Waals surface area contributed by atoms with Crippen LogP contribution in [0.15, 0.2) is 24.3 Å². The van der Waals surface area contributed by atoms with Gasteiger partial charge in [0.05, 0.1) is 25.0 Å². The molecule has 0 aliphatic rings. The van der Waals surface area contributed by atoms with E-state index in [0.29, 0.717) is 25.5 Å². The van der Waals surface area contributed by atoms with E-state index in [1.54, 1.807) is 24.3 Å². The molecule has 1 N–H and O–H groups in total. The first-order valence-electron chi connectivity index (χ1n) is 6.32. The fourth-order valence-electron chi connectivity index (χ4n) is 1.40. The van der Waals surface area contributed by atoms with Gasteiger partial charge in [-0.2, -0.15) is 0 Å². The van der Waals surface area contributed by atoms with Gasteiger partial charge in [0.2, 0.25) is 5.91 Å². The van der Waals surface area contributed by atoms with Gasteiger partial charge in [-0.15, -0.1) is 11.6 Å². The molecule has 5 heteroatoms. The fraction of sp³-hybridized carbons (Fsp3) is 0.500. The zero-order chi connectivity index (χ0) is 14.1. The predicted octanol–water partition coefficient (Wildman–Crippen LogP) is 3.06. The molecule has 106 valence electrons. The zero-order valence-corrected chi connectivity index (χ0v) is 12.1. The van der Waals surface area contributed by atoms with Gasteiger partial charge in [0.1, 0.15) is 12.4 Å². The highest BCUT2D eigenvalue weighted by molar-refractivity contribution is 6.18. The van der Waals surface area contributed by atoms with Crippen molar-refractivity contribution >= 4 is 23.2 Å². The van der Waals surface area contributed by atoms with Crippen molar-refractivity contribution in [3.05, 3.63) is 24.3 Å². The maximum Gasteiger partial charge on any atom is 0.226 e. The summed E-state index contributed by atoms with van der Waals surface area (Å²) in [7, 11) is 0. The number of benzene rings is 1. The normalized spacial score (nSPS) is 10.5. The Morgan fingerprint density at radius 2 is 1.95 bits per heavy atom. The summed E-state index contributed by atoms with van der Waals surface area (Å²) in [5.41, 5.74) is 0.743. The molecule has 1 aromatic rings. The van der Waals surface area contributed by atoms with Crippen molar-refractivity contribution in [3.63, 3.8) is 0 Å². The second-order valence-electron chi connectivity index (χ2n) is 4.28. The summed E-state index contributed by atoms with van der Waals surface area (Å²) >= 11 is 5.53. The van der Waals surface area contributed by atoms with Gasteiger partial charge in [-0.1, -0.05) is 0 Å². The Morgan fingerprint density at radius 3 is 2.53 bits per heavy atom. The Labute approximate surface area is 119 Å². The number of hydrogen-bond acceptors (Lipinski definition) is 3. The molecule has 0 bridgehead atoms. The highest BCUT2D eigenvalue weighted by Crippen LogP contribution is 2.15. The molecule has 1 amide bonds. The van der Waals surface area contributed by atoms with Crippen LogP contribution in [0.25, 0.3) is 0 Å². The van der Waals surface area contributed by atoms with Crippen molar-refractivity contribution in [1.29, 1.82) is 0 Å². The number of anilines is 1. The largest absolute Gasteiger partial charge is 0.492 e. The zero-order valence-electron chi connectivity index (χ0n) is 11.3. The van der Waals surface area contributed by atoms with E-state index in [1.807, 2.05) is 13.8 Å². The van der Waals surface area contributed by atoms with Crippen LogP contribution in [0.4, 0.5) is 5.69 Å². The molecule has 1 aromatic carbocycles. The summed E-state index contributed by atoms with van der Waals surface area (Å²) in [6.07, 6.45) is 0.494. The van der Waals surface area contributed by atoms with Crippen molar-refractivity contribution in [3.8, 4) is 5.75 Å². The molecule has 0 unspecified atom stereocenters. The minimum absolute atomic E-state index is 0.0601. The highest BCUT2D eigenvalue weighted by Gasteiger charge is 2.03. The number of rotatable bonds is 8. The number of carbonyl (C=O) groups excluding carboxylic acids is 1. The fourth-order valence-corrected chi connectivity index (χ4v) is 1.48. The number of amides is 1. The summed E-state index contributed by atoms with van der Waals surface area (Å²) in [4.78, 5) is 11.6. The van der Waals surface area contributed by atoms with Gasteiger partial charge >= 0.3 is 0 Å². The third-order valence-corrected chi connectivity index (χ3v) is 2.42. The minimum atomic E-state index is -0.0601. The van der Waals surface area contributed by atoms with Crippen LogP contribution >= 0.6 is 11.6 Å². The van der Waals surface area contributed by atoms with E-state index in [-0.39, 0.29) is 12.0 Å². The topological polar surface area (TPSA) is 47.6 Å². The molecule has 0 fully saturated rings. The van der Waals surface area contributed by atoms with E-state index in [4.69, 9.17) is 21.1 Å². The summed E-state index contributed by atoms with van der Waals surface area (Å²) in [6, 6.07) is 7.19. The van der Waals surface area contributed by atoms with Crippen molar-refractivity contribution in [1.82, 2.24) is 0 Å². The van der Waals surface area contributed by atoms with Gasteiger partial charge in [-0.3, -0.25) is 4.79 Å². The summed E-state index contributed by atoms with van der Waals surface area (Å²) in [5, 5.41) is 2.80. The van der Waals surface area contributed by atoms with Gasteiger partial charge in [0.15, 0.2) is 0 Å². The van der Waals surface area contributed by atoms with Gasteiger partial charge in [0.25, 0.3) is 0 Å². The molecule has 0 heterocycles. The first-order chi connectivity index (χ1) is 9.11. The lowest BCUT2D eigenvalue weighted by atomic mass is 10.3. The summed E-state index contributed by atoms with van der Waals surface area (Å²) in [5.74, 6) is 1.13. The Balaban J connectivity index is 2.33. The van der Waals surface area contributed by atoms with Crippen LogP contribution in [0.5, 0.6) is 5.75 Å². The molecule has 1 rings (SSSR count). The number of carbonyl (C=O) groups is 1. The molecule has 0 atom stereocenters. The van der Waals surface area contributed by atoms with Crippen molar-refractivity contribution in [2.45, 2.75) is 26.4 Å². The number of halogens is 1. The molecule has 0 aliphatic carbocycles. The lowest BCUT2D eigenvalue weighted by Gasteiger charge is -2.09. The van der Waals surface area contributed by atoms with Gasteiger partial charge < -0.3 is 14.8 Å². The highest BCUT2D eigenvalue weighted by atomic mass is 35.5. The average Bonchev–Trinajstić information content (AvgIpc) is 2.37. The molecule has 0 aromatic heterocycles. The number of alkyl halides is 1. The number of ether oxygens (including phenoxy) is 2. The molecule has 0 spiro atoms. The Kier molecular flexibility index (Phi) is 7.30. The van der Waals surface area contributed by atoms with Gasteiger partial charge in [-0.05, 0) is 38.1 Å². The maximum atomic E-state index is 11.6. The molecule has 0 aliphatic heterocycles. The molecule has 4 nitrogen and oxygen atoms in total. The van der Waals surface area contributed by atoms with E-state index in [0.717, 1.165) is 11.4 Å². The standard InChI is InChI=1S/C14H20ClNO3/c1-11(2)18-9-7-14(17)16-12-3-5-13(6-4-12)19-10-8-15/h3-6,11H,7-10H2,1-2H3,(H,16,17). The number of hydrogen-bond donors (Lipinski definition) is 1. The summed E-state index contributed by atoms with van der Waals surface area (Å²) in [6.45, 7) is 4.79. The van der Waals surface area contributed by atoms with Crippen LogP contribution in [0.2, 0.25) is 0 Å². The predicted molar refractivity (Wildman–Crippen MR) is 77.0 cm³/mol. The van der Waals surface area contributed by atoms with Crippen molar-refractivity contribution < 1.29 is 14.3 Å². The molecule has 0 saturated carbocycles. The van der Waals surface area contributed by atoms with Crippen LogP contribution in [-0.4, -0.2) is 31.1 Å². The van der Waals surface area contributed by atoms with E-state index in [1.165, 1.54) is 0 Å². The summed E-state index contributed by atoms with van der Waals surface area (Å²) < 4.78 is 10.7. The van der Waals surface area contributed by atoms with Crippen LogP contribution in [0.1, 0.15) is 20.3 Å². The molecular formula is C14H20ClNO3. The van der Waals surface area contributed by atoms with E-state index < -0.39 is 0 Å². The maximum absolute atomic E-state index is 11.6. The molecule has 19 heavy (non-hydrogen) atoms. The molecule has 0 radical (unpaired) electrons. The first-order valence-corrected chi connectivity index (χ1v) is 6.85. The second-order valence-corrected chi connectivity index (χ2v) is 4.66. The quantitative estimate of drug-likeness (QED) is 0.747. The monoisotopic (exact) mass is 285 g/mol. The Bertz CT molecular complexity index is 379. The van der Waals surface area contributed by atoms with E-state index in [2.05, 4.69) is 5.32 Å². The van der Waals surface area contributed by atoms with E-state index >= 15 is 0 Å². The van der Waals surface area contributed by atoms with Crippen LogP contribution in [0, 0.1) is 0 Å². The lowest BCUT2D eigenvalue weighted by Crippen LogP contribution is -2.15. The van der Waals surface area contributed by atoms with Crippen molar-refractivity contribution in [2.24, 2.45) is 0 Å². The SMILES string of the molecule is CC(C)OCCC(=O)Nc1ccc(OCCCl)cc1. The third-order valence-electron chi connectivity index (χ3n) is 2.26.